The van der Waals surface area contributed by atoms with Crippen LogP contribution in [0.3, 0.4) is 0 Å². The second kappa shape index (κ2) is 4.39. The summed E-state index contributed by atoms with van der Waals surface area (Å²) < 4.78 is 4.67. The number of aromatic nitrogens is 4. The maximum atomic E-state index is 10.9. The molecule has 1 heterocycles. The predicted molar refractivity (Wildman–Crippen MR) is 42.8 cm³/mol. The summed E-state index contributed by atoms with van der Waals surface area (Å²) in [5.74, 6) is 0.424. The van der Waals surface area contributed by atoms with Crippen LogP contribution in [0.15, 0.2) is 0 Å². The van der Waals surface area contributed by atoms with Gasteiger partial charge >= 0.3 is 6.09 Å². The number of nitrogens with zero attached hydrogens (tertiary/aromatic N) is 3. The van der Waals surface area contributed by atoms with E-state index in [9.17, 15) is 4.79 Å². The Hall–Kier alpha value is -1.66. The highest BCUT2D eigenvalue weighted by atomic mass is 16.5. The molecule has 1 unspecified atom stereocenters. The van der Waals surface area contributed by atoms with Crippen molar-refractivity contribution in [3.8, 4) is 0 Å². The first kappa shape index (κ1) is 9.43. The van der Waals surface area contributed by atoms with Gasteiger partial charge in [-0.15, -0.1) is 10.2 Å². The largest absolute Gasteiger partial charge is 0.450 e. The minimum absolute atomic E-state index is 0.308. The molecule has 1 aromatic rings. The zero-order valence-corrected chi connectivity index (χ0v) is 7.44. The van der Waals surface area contributed by atoms with Crippen LogP contribution in [0.1, 0.15) is 25.7 Å². The average molecular weight is 185 g/mol. The van der Waals surface area contributed by atoms with Gasteiger partial charge in [0.05, 0.1) is 12.6 Å². The molecule has 1 rings (SSSR count). The summed E-state index contributed by atoms with van der Waals surface area (Å²) in [6, 6.07) is -0.308. The highest BCUT2D eigenvalue weighted by Crippen LogP contribution is 2.02. The molecule has 72 valence electrons. The van der Waals surface area contributed by atoms with E-state index in [-0.39, 0.29) is 6.04 Å². The molecule has 0 fully saturated rings. The molecule has 7 nitrogen and oxygen atoms in total. The summed E-state index contributed by atoms with van der Waals surface area (Å²) in [6.07, 6.45) is -0.486. The van der Waals surface area contributed by atoms with E-state index in [0.717, 1.165) is 0 Å². The number of H-pyrrole nitrogens is 1. The number of tetrazole rings is 1. The van der Waals surface area contributed by atoms with Crippen molar-refractivity contribution in [3.05, 3.63) is 5.82 Å². The fourth-order valence-electron chi connectivity index (χ4n) is 0.767. The zero-order chi connectivity index (χ0) is 9.68. The van der Waals surface area contributed by atoms with Crippen LogP contribution in [-0.4, -0.2) is 33.3 Å². The number of rotatable bonds is 3. The number of ether oxygens (including phenoxy) is 1. The Labute approximate surface area is 74.9 Å². The molecule has 0 aromatic carbocycles. The molecule has 1 aromatic heterocycles. The molecular formula is C6H11N5O2. The first-order valence-corrected chi connectivity index (χ1v) is 3.90. The number of hydrogen-bond donors (Lipinski definition) is 2. The van der Waals surface area contributed by atoms with Gasteiger partial charge in [-0.1, -0.05) is 5.21 Å². The summed E-state index contributed by atoms with van der Waals surface area (Å²) in [7, 11) is 0. The van der Waals surface area contributed by atoms with E-state index < -0.39 is 6.09 Å². The summed E-state index contributed by atoms with van der Waals surface area (Å²) >= 11 is 0. The molecular weight excluding hydrogens is 174 g/mol. The van der Waals surface area contributed by atoms with Gasteiger partial charge in [-0.3, -0.25) is 0 Å². The number of carbonyl (C=O) groups is 1. The molecule has 7 heteroatoms. The van der Waals surface area contributed by atoms with Crippen LogP contribution in [0, 0.1) is 0 Å². The summed E-state index contributed by atoms with van der Waals surface area (Å²) in [6.45, 7) is 3.81. The van der Waals surface area contributed by atoms with Gasteiger partial charge in [0.2, 0.25) is 0 Å². The van der Waals surface area contributed by atoms with Gasteiger partial charge in [0, 0.05) is 0 Å². The lowest BCUT2D eigenvalue weighted by Gasteiger charge is -2.08. The number of alkyl carbamates (subject to hydrolysis) is 1. The van der Waals surface area contributed by atoms with Crippen LogP contribution in [0.2, 0.25) is 0 Å². The van der Waals surface area contributed by atoms with Crippen LogP contribution < -0.4 is 5.32 Å². The summed E-state index contributed by atoms with van der Waals surface area (Å²) in [4.78, 5) is 10.9. The number of amides is 1. The van der Waals surface area contributed by atoms with E-state index >= 15 is 0 Å². The van der Waals surface area contributed by atoms with Crippen molar-refractivity contribution in [2.75, 3.05) is 6.61 Å². The summed E-state index contributed by atoms with van der Waals surface area (Å²) in [5.41, 5.74) is 0. The first-order chi connectivity index (χ1) is 6.24. The molecule has 0 saturated heterocycles. The molecule has 0 saturated carbocycles. The van der Waals surface area contributed by atoms with Gasteiger partial charge in [-0.05, 0) is 13.8 Å². The lowest BCUT2D eigenvalue weighted by molar-refractivity contribution is 0.148. The van der Waals surface area contributed by atoms with Crippen LogP contribution in [0.4, 0.5) is 4.79 Å². The van der Waals surface area contributed by atoms with E-state index in [4.69, 9.17) is 0 Å². The second-order valence-electron chi connectivity index (χ2n) is 2.36. The molecule has 0 bridgehead atoms. The van der Waals surface area contributed by atoms with Crippen LogP contribution in [-0.2, 0) is 4.74 Å². The Kier molecular flexibility index (Phi) is 3.18. The third-order valence-electron chi connectivity index (χ3n) is 1.36. The molecule has 1 amide bonds. The number of hydrogen-bond acceptors (Lipinski definition) is 5. The number of carbonyl (C=O) groups excluding carboxylic acids is 1. The minimum Gasteiger partial charge on any atom is -0.450 e. The molecule has 0 aliphatic rings. The maximum absolute atomic E-state index is 10.9. The molecule has 2 N–H and O–H groups in total. The SMILES string of the molecule is CCOC(=O)NC(C)c1nn[nH]n1. The number of aromatic amines is 1. The third-order valence-corrected chi connectivity index (χ3v) is 1.36. The Morgan fingerprint density at radius 2 is 2.54 bits per heavy atom. The van der Waals surface area contributed by atoms with E-state index in [2.05, 4.69) is 30.7 Å². The van der Waals surface area contributed by atoms with Crippen LogP contribution in [0.25, 0.3) is 0 Å². The Bertz CT molecular complexity index is 260. The fourth-order valence-corrected chi connectivity index (χ4v) is 0.767. The lowest BCUT2D eigenvalue weighted by Crippen LogP contribution is -2.28. The lowest BCUT2D eigenvalue weighted by atomic mass is 10.3. The monoisotopic (exact) mass is 185 g/mol. The van der Waals surface area contributed by atoms with Crippen LogP contribution >= 0.6 is 0 Å². The van der Waals surface area contributed by atoms with E-state index in [1.54, 1.807) is 13.8 Å². The smallest absolute Gasteiger partial charge is 0.407 e. The van der Waals surface area contributed by atoms with Gasteiger partial charge in [0.15, 0.2) is 5.82 Å². The molecule has 0 spiro atoms. The normalized spacial score (nSPS) is 12.2. The molecule has 0 aliphatic heterocycles. The van der Waals surface area contributed by atoms with Crippen molar-refractivity contribution in [1.82, 2.24) is 25.9 Å². The summed E-state index contributed by atoms with van der Waals surface area (Å²) in [5, 5.41) is 15.6. The Morgan fingerprint density at radius 3 is 3.08 bits per heavy atom. The van der Waals surface area contributed by atoms with Crippen molar-refractivity contribution in [1.29, 1.82) is 0 Å². The topological polar surface area (TPSA) is 92.8 Å². The minimum atomic E-state index is -0.486. The standard InChI is InChI=1S/C6H11N5O2/c1-3-13-6(12)7-4(2)5-8-10-11-9-5/h4H,3H2,1-2H3,(H,7,12)(H,8,9,10,11). The average Bonchev–Trinajstić information content (AvgIpc) is 2.55. The molecule has 0 aliphatic carbocycles. The Morgan fingerprint density at radius 1 is 1.77 bits per heavy atom. The molecule has 1 atom stereocenters. The van der Waals surface area contributed by atoms with E-state index in [1.807, 2.05) is 0 Å². The predicted octanol–water partition coefficient (Wildman–Crippen LogP) is 0.00680. The van der Waals surface area contributed by atoms with E-state index in [1.165, 1.54) is 0 Å². The van der Waals surface area contributed by atoms with Gasteiger partial charge in [0.1, 0.15) is 0 Å². The van der Waals surface area contributed by atoms with Gasteiger partial charge < -0.3 is 10.1 Å². The Balaban J connectivity index is 2.42. The number of nitrogens with one attached hydrogen (secondary N) is 2. The van der Waals surface area contributed by atoms with Crippen molar-refractivity contribution < 1.29 is 9.53 Å². The van der Waals surface area contributed by atoms with Crippen molar-refractivity contribution in [3.63, 3.8) is 0 Å². The molecule has 13 heavy (non-hydrogen) atoms. The third kappa shape index (κ3) is 2.69. The van der Waals surface area contributed by atoms with Crippen molar-refractivity contribution in [2.24, 2.45) is 0 Å². The highest BCUT2D eigenvalue weighted by Gasteiger charge is 2.13. The highest BCUT2D eigenvalue weighted by molar-refractivity contribution is 5.67. The van der Waals surface area contributed by atoms with E-state index in [0.29, 0.717) is 12.4 Å². The van der Waals surface area contributed by atoms with Gasteiger partial charge in [-0.25, -0.2) is 4.79 Å². The van der Waals surface area contributed by atoms with Crippen LogP contribution in [0.5, 0.6) is 0 Å². The van der Waals surface area contributed by atoms with Crippen molar-refractivity contribution >= 4 is 6.09 Å². The van der Waals surface area contributed by atoms with Gasteiger partial charge in [-0.2, -0.15) is 5.21 Å². The quantitative estimate of drug-likeness (QED) is 0.691. The maximum Gasteiger partial charge on any atom is 0.407 e. The van der Waals surface area contributed by atoms with Gasteiger partial charge in [0.25, 0.3) is 0 Å². The van der Waals surface area contributed by atoms with Crippen molar-refractivity contribution in [2.45, 2.75) is 19.9 Å². The molecule has 0 radical (unpaired) electrons. The zero-order valence-electron chi connectivity index (χ0n) is 7.44. The first-order valence-electron chi connectivity index (χ1n) is 3.90. The second-order valence-corrected chi connectivity index (χ2v) is 2.36. The fraction of sp³-hybridized carbons (Fsp3) is 0.667.